The molecule has 0 bridgehead atoms. The Hall–Kier alpha value is -4.45. The van der Waals surface area contributed by atoms with E-state index in [0.717, 1.165) is 45.5 Å². The van der Waals surface area contributed by atoms with Crippen molar-refractivity contribution in [2.75, 3.05) is 18.9 Å². The second kappa shape index (κ2) is 10.0. The van der Waals surface area contributed by atoms with Crippen LogP contribution in [-0.4, -0.2) is 53.8 Å². The number of rotatable bonds is 6. The average Bonchev–Trinajstić information content (AvgIpc) is 3.56. The molecular weight excluding hydrogens is 506 g/mol. The van der Waals surface area contributed by atoms with Gasteiger partial charge < -0.3 is 15.0 Å². The van der Waals surface area contributed by atoms with Crippen LogP contribution in [0.25, 0.3) is 39.2 Å². The van der Waals surface area contributed by atoms with E-state index in [2.05, 4.69) is 20.4 Å². The first kappa shape index (κ1) is 24.9. The minimum atomic E-state index is -2.63. The molecule has 4 aromatic heterocycles. The van der Waals surface area contributed by atoms with E-state index < -0.39 is 18.5 Å². The number of hydrogen-bond acceptors (Lipinski definition) is 7. The van der Waals surface area contributed by atoms with Crippen molar-refractivity contribution >= 4 is 11.3 Å². The molecule has 39 heavy (non-hydrogen) atoms. The van der Waals surface area contributed by atoms with Crippen LogP contribution in [0.15, 0.2) is 59.9 Å². The monoisotopic (exact) mass is 532 g/mol. The highest BCUT2D eigenvalue weighted by Gasteiger charge is 2.24. The van der Waals surface area contributed by atoms with Gasteiger partial charge in [-0.3, -0.25) is 4.79 Å². The summed E-state index contributed by atoms with van der Waals surface area (Å²) in [5.41, 5.74) is 11.9. The number of benzene rings is 1. The largest absolute Gasteiger partial charge is 0.382 e. The van der Waals surface area contributed by atoms with E-state index in [4.69, 9.17) is 10.5 Å². The first-order valence-electron chi connectivity index (χ1n) is 12.6. The molecule has 200 valence electrons. The van der Waals surface area contributed by atoms with Crippen LogP contribution in [0.3, 0.4) is 0 Å². The number of hydrogen-bond donors (Lipinski definition) is 1. The maximum Gasteiger partial charge on any atom is 0.256 e. The summed E-state index contributed by atoms with van der Waals surface area (Å²) in [5, 5.41) is 13.1. The first-order valence-corrected chi connectivity index (χ1v) is 12.6. The van der Waals surface area contributed by atoms with Crippen molar-refractivity contribution in [1.82, 2.24) is 34.2 Å². The molecule has 0 saturated carbocycles. The van der Waals surface area contributed by atoms with Crippen molar-refractivity contribution in [1.29, 1.82) is 0 Å². The predicted molar refractivity (Wildman–Crippen MR) is 141 cm³/mol. The predicted octanol–water partition coefficient (Wildman–Crippen LogP) is 3.99. The van der Waals surface area contributed by atoms with Crippen LogP contribution in [0.4, 0.5) is 14.6 Å². The summed E-state index contributed by atoms with van der Waals surface area (Å²) < 4.78 is 36.4. The molecule has 0 unspecified atom stereocenters. The highest BCUT2D eigenvalue weighted by molar-refractivity contribution is 5.91. The molecule has 5 aromatic rings. The third-order valence-corrected chi connectivity index (χ3v) is 7.11. The molecule has 0 aliphatic carbocycles. The van der Waals surface area contributed by atoms with Gasteiger partial charge in [-0.15, -0.1) is 5.10 Å². The number of aryl methyl sites for hydroxylation is 1. The van der Waals surface area contributed by atoms with Gasteiger partial charge in [0.1, 0.15) is 11.8 Å². The van der Waals surface area contributed by atoms with Crippen LogP contribution in [0.1, 0.15) is 24.4 Å². The third kappa shape index (κ3) is 4.56. The summed E-state index contributed by atoms with van der Waals surface area (Å²) in [6, 6.07) is 11.2. The Morgan fingerprint density at radius 1 is 1.10 bits per heavy atom. The summed E-state index contributed by atoms with van der Waals surface area (Å²) >= 11 is 0. The van der Waals surface area contributed by atoms with Crippen molar-refractivity contribution in [2.24, 2.45) is 0 Å². The van der Waals surface area contributed by atoms with Crippen molar-refractivity contribution in [3.63, 3.8) is 0 Å². The molecule has 1 aliphatic heterocycles. The van der Waals surface area contributed by atoms with Crippen LogP contribution >= 0.6 is 0 Å². The Labute approximate surface area is 221 Å². The Morgan fingerprint density at radius 2 is 1.90 bits per heavy atom. The lowest BCUT2D eigenvalue weighted by Crippen LogP contribution is -2.22. The van der Waals surface area contributed by atoms with Crippen molar-refractivity contribution in [3.8, 4) is 33.6 Å². The standard InChI is InChI=1S/C27H26F2N8O2/c1-16-9-25(38)35(14-24(28)29)13-21(16)17-3-2-4-18(10-17)22-11-20(26-27(30)31-15-33-37(22)26)23-12-32-34-36(23)19-5-7-39-8-6-19/h2-4,9-13,15,19,24H,5-8,14H2,1H3,(H2,30,31,33). The molecule has 1 saturated heterocycles. The number of nitrogens with two attached hydrogens (primary N) is 1. The second-order valence-corrected chi connectivity index (χ2v) is 9.59. The number of halogens is 2. The average molecular weight is 533 g/mol. The number of anilines is 1. The molecule has 12 heteroatoms. The summed E-state index contributed by atoms with van der Waals surface area (Å²) in [5.74, 6) is 0.317. The number of nitrogens with zero attached hydrogens (tertiary/aromatic N) is 7. The van der Waals surface area contributed by atoms with Gasteiger partial charge in [0.25, 0.3) is 12.0 Å². The normalized spacial score (nSPS) is 14.5. The van der Waals surface area contributed by atoms with Gasteiger partial charge in [0.2, 0.25) is 0 Å². The Bertz CT molecular complexity index is 1720. The van der Waals surface area contributed by atoms with Crippen molar-refractivity contribution < 1.29 is 13.5 Å². The van der Waals surface area contributed by atoms with Gasteiger partial charge >= 0.3 is 0 Å². The van der Waals surface area contributed by atoms with Crippen LogP contribution < -0.4 is 11.3 Å². The first-order chi connectivity index (χ1) is 18.9. The zero-order valence-corrected chi connectivity index (χ0v) is 21.2. The third-order valence-electron chi connectivity index (χ3n) is 7.11. The van der Waals surface area contributed by atoms with E-state index in [1.807, 2.05) is 35.0 Å². The number of pyridine rings is 1. The summed E-state index contributed by atoms with van der Waals surface area (Å²) in [4.78, 5) is 16.5. The lowest BCUT2D eigenvalue weighted by Gasteiger charge is -2.23. The maximum absolute atomic E-state index is 13.1. The molecule has 0 atom stereocenters. The SMILES string of the molecule is Cc1cc(=O)n(CC(F)F)cc1-c1cccc(-c2cc(-c3cnnn3C3CCOCC3)c3c(N)ncnn23)c1. The van der Waals surface area contributed by atoms with E-state index >= 15 is 0 Å². The molecule has 1 aliphatic rings. The van der Waals surface area contributed by atoms with Crippen LogP contribution in [0.5, 0.6) is 0 Å². The molecular formula is C27H26F2N8O2. The maximum atomic E-state index is 13.1. The fraction of sp³-hybridized carbons (Fsp3) is 0.296. The number of ether oxygens (including phenoxy) is 1. The van der Waals surface area contributed by atoms with Crippen LogP contribution in [-0.2, 0) is 11.3 Å². The highest BCUT2D eigenvalue weighted by atomic mass is 19.3. The topological polar surface area (TPSA) is 118 Å². The van der Waals surface area contributed by atoms with Crippen molar-refractivity contribution in [2.45, 2.75) is 38.8 Å². The zero-order chi connectivity index (χ0) is 27.1. The Kier molecular flexibility index (Phi) is 6.39. The Balaban J connectivity index is 1.48. The van der Waals surface area contributed by atoms with Gasteiger partial charge in [-0.25, -0.2) is 23.0 Å². The van der Waals surface area contributed by atoms with Gasteiger partial charge in [-0.1, -0.05) is 23.4 Å². The molecule has 10 nitrogen and oxygen atoms in total. The lowest BCUT2D eigenvalue weighted by molar-refractivity contribution is 0.0662. The molecule has 5 heterocycles. The van der Waals surface area contributed by atoms with Crippen LogP contribution in [0.2, 0.25) is 0 Å². The van der Waals surface area contributed by atoms with Gasteiger partial charge in [-0.05, 0) is 43.0 Å². The van der Waals surface area contributed by atoms with E-state index in [-0.39, 0.29) is 6.04 Å². The zero-order valence-electron chi connectivity index (χ0n) is 21.2. The fourth-order valence-corrected chi connectivity index (χ4v) is 5.21. The van der Waals surface area contributed by atoms with Crippen molar-refractivity contribution in [3.05, 3.63) is 71.0 Å². The highest BCUT2D eigenvalue weighted by Crippen LogP contribution is 2.37. The molecule has 1 fully saturated rings. The van der Waals surface area contributed by atoms with Gasteiger partial charge in [-0.2, -0.15) is 5.10 Å². The molecule has 6 rings (SSSR count). The minimum absolute atomic E-state index is 0.149. The lowest BCUT2D eigenvalue weighted by atomic mass is 9.99. The van der Waals surface area contributed by atoms with Gasteiger partial charge in [0.05, 0.1) is 30.2 Å². The fourth-order valence-electron chi connectivity index (χ4n) is 5.21. The quantitative estimate of drug-likeness (QED) is 0.351. The summed E-state index contributed by atoms with van der Waals surface area (Å²) in [6.45, 7) is 2.45. The smallest absolute Gasteiger partial charge is 0.256 e. The molecule has 0 amide bonds. The number of nitrogen functional groups attached to an aromatic ring is 1. The second-order valence-electron chi connectivity index (χ2n) is 9.59. The molecule has 1 aromatic carbocycles. The van der Waals surface area contributed by atoms with Gasteiger partial charge in [0, 0.05) is 42.2 Å². The minimum Gasteiger partial charge on any atom is -0.382 e. The number of aromatic nitrogens is 7. The van der Waals surface area contributed by atoms with E-state index in [9.17, 15) is 13.6 Å². The Morgan fingerprint density at radius 3 is 2.69 bits per heavy atom. The number of fused-ring (bicyclic) bond motifs is 1. The molecule has 0 spiro atoms. The summed E-state index contributed by atoms with van der Waals surface area (Å²) in [6.07, 6.45) is 3.63. The number of alkyl halides is 2. The van der Waals surface area contributed by atoms with E-state index in [0.29, 0.717) is 35.7 Å². The van der Waals surface area contributed by atoms with Gasteiger partial charge in [0.15, 0.2) is 5.82 Å². The molecule has 0 radical (unpaired) electrons. The molecule has 2 N–H and O–H groups in total. The van der Waals surface area contributed by atoms with E-state index in [1.54, 1.807) is 17.6 Å². The summed E-state index contributed by atoms with van der Waals surface area (Å²) in [7, 11) is 0. The van der Waals surface area contributed by atoms with Crippen LogP contribution in [0, 0.1) is 6.92 Å². The van der Waals surface area contributed by atoms with E-state index in [1.165, 1.54) is 18.6 Å².